The first-order valence-electron chi connectivity index (χ1n) is 11.6. The number of anilines is 1. The van der Waals surface area contributed by atoms with Gasteiger partial charge in [-0.15, -0.1) is 24.0 Å². The molecule has 0 saturated heterocycles. The number of nitrogens with one attached hydrogen (secondary N) is 3. The highest BCUT2D eigenvalue weighted by Crippen LogP contribution is 2.25. The van der Waals surface area contributed by atoms with E-state index in [4.69, 9.17) is 0 Å². The normalized spacial score (nSPS) is 14.0. The molecule has 1 aliphatic rings. The molecule has 0 radical (unpaired) electrons. The van der Waals surface area contributed by atoms with Crippen molar-refractivity contribution >= 4 is 47.4 Å². The summed E-state index contributed by atoms with van der Waals surface area (Å²) in [5.41, 5.74) is 3.62. The molecule has 7 nitrogen and oxygen atoms in total. The highest BCUT2D eigenvalue weighted by Gasteiger charge is 2.21. The van der Waals surface area contributed by atoms with E-state index in [2.05, 4.69) is 20.9 Å². The lowest BCUT2D eigenvalue weighted by Gasteiger charge is -2.21. The van der Waals surface area contributed by atoms with Crippen LogP contribution in [-0.4, -0.2) is 43.8 Å². The van der Waals surface area contributed by atoms with Gasteiger partial charge in [0, 0.05) is 51.4 Å². The van der Waals surface area contributed by atoms with Crippen LogP contribution in [0.3, 0.4) is 0 Å². The summed E-state index contributed by atoms with van der Waals surface area (Å²) in [6.45, 7) is 1.18. The summed E-state index contributed by atoms with van der Waals surface area (Å²) in [5, 5.41) is 9.68. The van der Waals surface area contributed by atoms with Gasteiger partial charge in [0.05, 0.1) is 0 Å². The molecule has 2 aromatic rings. The second kappa shape index (κ2) is 13.9. The number of halogens is 1. The molecule has 0 aromatic heterocycles. The number of amides is 2. The fourth-order valence-corrected chi connectivity index (χ4v) is 3.98. The van der Waals surface area contributed by atoms with Gasteiger partial charge >= 0.3 is 0 Å². The van der Waals surface area contributed by atoms with Crippen molar-refractivity contribution in [2.75, 3.05) is 26.5 Å². The monoisotopic (exact) mass is 577 g/mol. The highest BCUT2D eigenvalue weighted by molar-refractivity contribution is 14.0. The zero-order valence-corrected chi connectivity index (χ0v) is 22.6. The van der Waals surface area contributed by atoms with Crippen molar-refractivity contribution in [3.8, 4) is 0 Å². The van der Waals surface area contributed by atoms with Crippen LogP contribution in [0.5, 0.6) is 0 Å². The van der Waals surface area contributed by atoms with E-state index in [1.165, 1.54) is 6.42 Å². The van der Waals surface area contributed by atoms with Crippen LogP contribution < -0.4 is 16.0 Å². The minimum atomic E-state index is -0.0100. The summed E-state index contributed by atoms with van der Waals surface area (Å²) in [5.74, 6) is 0.943. The molecular formula is C26H36IN5O2. The summed E-state index contributed by atoms with van der Waals surface area (Å²) in [4.78, 5) is 30.4. The van der Waals surface area contributed by atoms with Crippen molar-refractivity contribution in [1.82, 2.24) is 15.5 Å². The molecule has 0 unspecified atom stereocenters. The van der Waals surface area contributed by atoms with E-state index in [9.17, 15) is 9.59 Å². The molecule has 3 N–H and O–H groups in total. The average molecular weight is 578 g/mol. The number of aliphatic imine (C=N–C) groups is 1. The Balaban J connectivity index is 0.00000408. The second-order valence-corrected chi connectivity index (χ2v) is 8.70. The SMILES string of the molecule is CN=C(NCc1ccc(C(=O)N(C)C)cc1)NCc1cccc(NC(=O)C2CCCCC2)c1.I. The van der Waals surface area contributed by atoms with Crippen molar-refractivity contribution in [3.63, 3.8) is 0 Å². The predicted molar refractivity (Wildman–Crippen MR) is 149 cm³/mol. The molecule has 1 saturated carbocycles. The number of hydrogen-bond donors (Lipinski definition) is 3. The standard InChI is InChI=1S/C26H35N5O2.HI/c1-27-26(28-17-19-12-14-22(15-13-19)25(33)31(2)3)29-18-20-8-7-11-23(16-20)30-24(32)21-9-5-4-6-10-21;/h7-8,11-16,21H,4-6,9-10,17-18H2,1-3H3,(H,30,32)(H2,27,28,29);1H. The minimum Gasteiger partial charge on any atom is -0.352 e. The molecule has 0 spiro atoms. The molecule has 1 aliphatic carbocycles. The van der Waals surface area contributed by atoms with Gasteiger partial charge in [0.25, 0.3) is 5.91 Å². The molecule has 0 heterocycles. The topological polar surface area (TPSA) is 85.8 Å². The van der Waals surface area contributed by atoms with Gasteiger partial charge < -0.3 is 20.9 Å². The lowest BCUT2D eigenvalue weighted by atomic mass is 9.88. The first-order chi connectivity index (χ1) is 16.0. The third-order valence-electron chi connectivity index (χ3n) is 5.92. The van der Waals surface area contributed by atoms with Gasteiger partial charge in [-0.05, 0) is 48.2 Å². The zero-order valence-electron chi connectivity index (χ0n) is 20.3. The summed E-state index contributed by atoms with van der Waals surface area (Å²) in [6, 6.07) is 15.5. The predicted octanol–water partition coefficient (Wildman–Crippen LogP) is 4.39. The highest BCUT2D eigenvalue weighted by atomic mass is 127. The molecule has 1 fully saturated rings. The van der Waals surface area contributed by atoms with Crippen LogP contribution in [0.2, 0.25) is 0 Å². The Hall–Kier alpha value is -2.62. The van der Waals surface area contributed by atoms with Gasteiger partial charge in [0.2, 0.25) is 5.91 Å². The summed E-state index contributed by atoms with van der Waals surface area (Å²) in [7, 11) is 5.22. The van der Waals surface area contributed by atoms with Crippen molar-refractivity contribution < 1.29 is 9.59 Å². The summed E-state index contributed by atoms with van der Waals surface area (Å²) < 4.78 is 0. The first-order valence-corrected chi connectivity index (χ1v) is 11.6. The Morgan fingerprint density at radius 2 is 1.59 bits per heavy atom. The molecule has 3 rings (SSSR count). The minimum absolute atomic E-state index is 0. The molecule has 2 aromatic carbocycles. The Labute approximate surface area is 219 Å². The maximum atomic E-state index is 12.5. The van der Waals surface area contributed by atoms with Crippen LogP contribution in [0.25, 0.3) is 0 Å². The van der Waals surface area contributed by atoms with Crippen molar-refractivity contribution in [3.05, 3.63) is 65.2 Å². The van der Waals surface area contributed by atoms with Crippen LogP contribution in [-0.2, 0) is 17.9 Å². The molecule has 184 valence electrons. The maximum Gasteiger partial charge on any atom is 0.253 e. The van der Waals surface area contributed by atoms with E-state index in [1.807, 2.05) is 48.5 Å². The average Bonchev–Trinajstić information content (AvgIpc) is 2.84. The molecule has 0 aliphatic heterocycles. The fourth-order valence-electron chi connectivity index (χ4n) is 3.98. The number of hydrogen-bond acceptors (Lipinski definition) is 3. The first kappa shape index (κ1) is 27.6. The Morgan fingerprint density at radius 3 is 2.21 bits per heavy atom. The number of nitrogens with zero attached hydrogens (tertiary/aromatic N) is 2. The van der Waals surface area contributed by atoms with Gasteiger partial charge in [-0.25, -0.2) is 0 Å². The number of carbonyl (C=O) groups is 2. The molecule has 0 bridgehead atoms. The third kappa shape index (κ3) is 8.30. The quantitative estimate of drug-likeness (QED) is 0.259. The third-order valence-corrected chi connectivity index (χ3v) is 5.92. The van der Waals surface area contributed by atoms with E-state index >= 15 is 0 Å². The maximum absolute atomic E-state index is 12.5. The van der Waals surface area contributed by atoms with Gasteiger partial charge in [0.1, 0.15) is 0 Å². The zero-order chi connectivity index (χ0) is 23.6. The second-order valence-electron chi connectivity index (χ2n) is 8.70. The van der Waals surface area contributed by atoms with Crippen LogP contribution in [0.15, 0.2) is 53.5 Å². The van der Waals surface area contributed by atoms with Gasteiger partial charge in [-0.2, -0.15) is 0 Å². The largest absolute Gasteiger partial charge is 0.352 e. The number of guanidine groups is 1. The Kier molecular flexibility index (Phi) is 11.3. The number of carbonyl (C=O) groups excluding carboxylic acids is 2. The van der Waals surface area contributed by atoms with E-state index in [0.29, 0.717) is 24.6 Å². The van der Waals surface area contributed by atoms with Crippen LogP contribution in [0.1, 0.15) is 53.6 Å². The fraction of sp³-hybridized carbons (Fsp3) is 0.423. The van der Waals surface area contributed by atoms with Gasteiger partial charge in [-0.3, -0.25) is 14.6 Å². The van der Waals surface area contributed by atoms with Crippen LogP contribution in [0, 0.1) is 5.92 Å². The van der Waals surface area contributed by atoms with E-state index in [1.54, 1.807) is 26.0 Å². The summed E-state index contributed by atoms with van der Waals surface area (Å²) in [6.07, 6.45) is 5.51. The number of benzene rings is 2. The lowest BCUT2D eigenvalue weighted by Crippen LogP contribution is -2.36. The summed E-state index contributed by atoms with van der Waals surface area (Å²) >= 11 is 0. The van der Waals surface area contributed by atoms with Crippen LogP contribution >= 0.6 is 24.0 Å². The van der Waals surface area contributed by atoms with Crippen molar-refractivity contribution in [2.45, 2.75) is 45.2 Å². The van der Waals surface area contributed by atoms with Gasteiger partial charge in [0.15, 0.2) is 5.96 Å². The molecule has 0 atom stereocenters. The Bertz CT molecular complexity index is 969. The molecule has 2 amide bonds. The molecule has 34 heavy (non-hydrogen) atoms. The van der Waals surface area contributed by atoms with Crippen molar-refractivity contribution in [1.29, 1.82) is 0 Å². The van der Waals surface area contributed by atoms with E-state index < -0.39 is 0 Å². The van der Waals surface area contributed by atoms with Crippen molar-refractivity contribution in [2.24, 2.45) is 10.9 Å². The van der Waals surface area contributed by atoms with Crippen LogP contribution in [0.4, 0.5) is 5.69 Å². The Morgan fingerprint density at radius 1 is 0.941 bits per heavy atom. The molecule has 8 heteroatoms. The lowest BCUT2D eigenvalue weighted by molar-refractivity contribution is -0.120. The van der Waals surface area contributed by atoms with Gasteiger partial charge in [-0.1, -0.05) is 43.5 Å². The van der Waals surface area contributed by atoms with E-state index in [-0.39, 0.29) is 41.7 Å². The smallest absolute Gasteiger partial charge is 0.253 e. The molecular weight excluding hydrogens is 541 g/mol. The number of rotatable bonds is 7. The van der Waals surface area contributed by atoms with E-state index in [0.717, 1.165) is 42.5 Å².